The third-order valence-electron chi connectivity index (χ3n) is 4.09. The lowest BCUT2D eigenvalue weighted by atomic mass is 9.94. The van der Waals surface area contributed by atoms with Crippen LogP contribution in [0.3, 0.4) is 0 Å². The number of ether oxygens (including phenoxy) is 1. The van der Waals surface area contributed by atoms with Crippen LogP contribution in [0.5, 0.6) is 0 Å². The van der Waals surface area contributed by atoms with Gasteiger partial charge >= 0.3 is 5.97 Å². The maximum Gasteiger partial charge on any atom is 0.328 e. The maximum absolute atomic E-state index is 10.7. The van der Waals surface area contributed by atoms with Crippen LogP contribution in [0.4, 0.5) is 0 Å². The zero-order chi connectivity index (χ0) is 15.3. The Labute approximate surface area is 126 Å². The summed E-state index contributed by atoms with van der Waals surface area (Å²) in [6, 6.07) is 7.93. The molecule has 0 aliphatic carbocycles. The Kier molecular flexibility index (Phi) is 5.15. The van der Waals surface area contributed by atoms with Gasteiger partial charge in [0.1, 0.15) is 0 Å². The molecule has 2 rings (SSSR count). The second-order valence-electron chi connectivity index (χ2n) is 5.84. The monoisotopic (exact) mass is 289 g/mol. The van der Waals surface area contributed by atoms with E-state index in [9.17, 15) is 4.79 Å². The van der Waals surface area contributed by atoms with Crippen molar-refractivity contribution >= 4 is 12.0 Å². The summed E-state index contributed by atoms with van der Waals surface area (Å²) in [6.07, 6.45) is 5.06. The number of likely N-dealkylation sites (tertiary alicyclic amines) is 1. The van der Waals surface area contributed by atoms with Crippen molar-refractivity contribution in [2.75, 3.05) is 20.2 Å². The summed E-state index contributed by atoms with van der Waals surface area (Å²) in [5, 5.41) is 8.77. The zero-order valence-electron chi connectivity index (χ0n) is 12.7. The van der Waals surface area contributed by atoms with Crippen LogP contribution in [0.15, 0.2) is 30.3 Å². The number of methoxy groups -OCH3 is 1. The first-order chi connectivity index (χ1) is 10.0. The SMILES string of the molecule is COC1(C)CCCN(Cc2ccccc2/C=C/C(=O)O)C1. The summed E-state index contributed by atoms with van der Waals surface area (Å²) in [5.41, 5.74) is 2.03. The molecule has 1 aromatic carbocycles. The van der Waals surface area contributed by atoms with Crippen molar-refractivity contribution in [1.29, 1.82) is 0 Å². The fourth-order valence-electron chi connectivity index (χ4n) is 2.85. The third-order valence-corrected chi connectivity index (χ3v) is 4.09. The van der Waals surface area contributed by atoms with E-state index in [0.717, 1.165) is 43.6 Å². The molecule has 1 aliphatic rings. The van der Waals surface area contributed by atoms with Crippen LogP contribution in [-0.2, 0) is 16.1 Å². The summed E-state index contributed by atoms with van der Waals surface area (Å²) >= 11 is 0. The Morgan fingerprint density at radius 2 is 2.24 bits per heavy atom. The molecule has 4 heteroatoms. The molecule has 0 radical (unpaired) electrons. The molecule has 1 fully saturated rings. The highest BCUT2D eigenvalue weighted by Gasteiger charge is 2.30. The molecule has 0 aromatic heterocycles. The van der Waals surface area contributed by atoms with Crippen LogP contribution in [0.25, 0.3) is 6.08 Å². The highest BCUT2D eigenvalue weighted by atomic mass is 16.5. The van der Waals surface area contributed by atoms with Gasteiger partial charge in [-0.25, -0.2) is 4.79 Å². The lowest BCUT2D eigenvalue weighted by Gasteiger charge is -2.39. The molecular formula is C17H23NO3. The number of nitrogens with zero attached hydrogens (tertiary/aromatic N) is 1. The summed E-state index contributed by atoms with van der Waals surface area (Å²) in [5.74, 6) is -0.922. The second kappa shape index (κ2) is 6.87. The molecule has 1 aliphatic heterocycles. The molecule has 0 bridgehead atoms. The minimum absolute atomic E-state index is 0.0793. The summed E-state index contributed by atoms with van der Waals surface area (Å²) in [7, 11) is 1.77. The summed E-state index contributed by atoms with van der Waals surface area (Å²) < 4.78 is 5.62. The Bertz CT molecular complexity index is 527. The topological polar surface area (TPSA) is 49.8 Å². The largest absolute Gasteiger partial charge is 0.478 e. The van der Waals surface area contributed by atoms with Crippen LogP contribution in [0.1, 0.15) is 30.9 Å². The van der Waals surface area contributed by atoms with E-state index in [1.165, 1.54) is 6.08 Å². The number of hydrogen-bond donors (Lipinski definition) is 1. The van der Waals surface area contributed by atoms with Gasteiger partial charge in [-0.3, -0.25) is 4.90 Å². The number of hydrogen-bond acceptors (Lipinski definition) is 3. The number of rotatable bonds is 5. The molecular weight excluding hydrogens is 266 g/mol. The molecule has 0 amide bonds. The first kappa shape index (κ1) is 15.7. The summed E-state index contributed by atoms with van der Waals surface area (Å²) in [6.45, 7) is 4.92. The molecule has 1 atom stereocenters. The van der Waals surface area contributed by atoms with Gasteiger partial charge < -0.3 is 9.84 Å². The van der Waals surface area contributed by atoms with Gasteiger partial charge in [-0.15, -0.1) is 0 Å². The first-order valence-electron chi connectivity index (χ1n) is 7.29. The van der Waals surface area contributed by atoms with Crippen molar-refractivity contribution in [1.82, 2.24) is 4.90 Å². The highest BCUT2D eigenvalue weighted by molar-refractivity contribution is 5.85. The van der Waals surface area contributed by atoms with E-state index in [0.29, 0.717) is 0 Å². The Morgan fingerprint density at radius 1 is 1.48 bits per heavy atom. The molecule has 0 spiro atoms. The van der Waals surface area contributed by atoms with Gasteiger partial charge in [-0.05, 0) is 43.5 Å². The lowest BCUT2D eigenvalue weighted by molar-refractivity contribution is -0.131. The van der Waals surface area contributed by atoms with E-state index >= 15 is 0 Å². The average Bonchev–Trinajstić information content (AvgIpc) is 2.46. The Hall–Kier alpha value is -1.65. The van der Waals surface area contributed by atoms with E-state index < -0.39 is 5.97 Å². The fourth-order valence-corrected chi connectivity index (χ4v) is 2.85. The predicted octanol–water partition coefficient (Wildman–Crippen LogP) is 2.79. The van der Waals surface area contributed by atoms with Crippen molar-refractivity contribution in [3.63, 3.8) is 0 Å². The molecule has 21 heavy (non-hydrogen) atoms. The molecule has 1 aromatic rings. The maximum atomic E-state index is 10.7. The molecule has 1 unspecified atom stereocenters. The van der Waals surface area contributed by atoms with Gasteiger partial charge in [-0.2, -0.15) is 0 Å². The van der Waals surface area contributed by atoms with E-state index in [2.05, 4.69) is 17.9 Å². The number of aliphatic carboxylic acids is 1. The smallest absolute Gasteiger partial charge is 0.328 e. The van der Waals surface area contributed by atoms with Crippen molar-refractivity contribution < 1.29 is 14.6 Å². The second-order valence-corrected chi connectivity index (χ2v) is 5.84. The fraction of sp³-hybridized carbons (Fsp3) is 0.471. The molecule has 114 valence electrons. The normalized spacial score (nSPS) is 23.5. The number of benzene rings is 1. The number of carboxylic acids is 1. The molecule has 1 N–H and O–H groups in total. The van der Waals surface area contributed by atoms with E-state index in [1.54, 1.807) is 13.2 Å². The predicted molar refractivity (Wildman–Crippen MR) is 83.0 cm³/mol. The van der Waals surface area contributed by atoms with Crippen LogP contribution in [0.2, 0.25) is 0 Å². The Morgan fingerprint density at radius 3 is 2.95 bits per heavy atom. The lowest BCUT2D eigenvalue weighted by Crippen LogP contribution is -2.46. The van der Waals surface area contributed by atoms with Crippen LogP contribution >= 0.6 is 0 Å². The molecule has 1 saturated heterocycles. The van der Waals surface area contributed by atoms with Gasteiger partial charge in [-0.1, -0.05) is 24.3 Å². The van der Waals surface area contributed by atoms with Gasteiger partial charge in [0.05, 0.1) is 5.60 Å². The van der Waals surface area contributed by atoms with E-state index in [1.807, 2.05) is 18.2 Å². The van der Waals surface area contributed by atoms with Gasteiger partial charge in [0.25, 0.3) is 0 Å². The van der Waals surface area contributed by atoms with Gasteiger partial charge in [0.2, 0.25) is 0 Å². The minimum atomic E-state index is -0.922. The van der Waals surface area contributed by atoms with Crippen molar-refractivity contribution in [3.05, 3.63) is 41.5 Å². The average molecular weight is 289 g/mol. The van der Waals surface area contributed by atoms with Crippen molar-refractivity contribution in [3.8, 4) is 0 Å². The third kappa shape index (κ3) is 4.41. The van der Waals surface area contributed by atoms with Crippen molar-refractivity contribution in [2.24, 2.45) is 0 Å². The minimum Gasteiger partial charge on any atom is -0.478 e. The van der Waals surface area contributed by atoms with Crippen LogP contribution in [0, 0.1) is 0 Å². The van der Waals surface area contributed by atoms with Gasteiger partial charge in [0, 0.05) is 26.3 Å². The van der Waals surface area contributed by atoms with Gasteiger partial charge in [0.15, 0.2) is 0 Å². The summed E-state index contributed by atoms with van der Waals surface area (Å²) in [4.78, 5) is 13.1. The number of carbonyl (C=O) groups is 1. The quantitative estimate of drug-likeness (QED) is 0.847. The van der Waals surface area contributed by atoms with E-state index in [-0.39, 0.29) is 5.60 Å². The number of carboxylic acid groups (broad SMARTS) is 1. The molecule has 0 saturated carbocycles. The van der Waals surface area contributed by atoms with E-state index in [4.69, 9.17) is 9.84 Å². The zero-order valence-corrected chi connectivity index (χ0v) is 12.7. The standard InChI is InChI=1S/C17H23NO3/c1-17(21-2)10-5-11-18(13-17)12-15-7-4-3-6-14(15)8-9-16(19)20/h3-4,6-9H,5,10-13H2,1-2H3,(H,19,20)/b9-8+. The molecule has 4 nitrogen and oxygen atoms in total. The molecule has 1 heterocycles. The van der Waals surface area contributed by atoms with Crippen molar-refractivity contribution in [2.45, 2.75) is 31.9 Å². The van der Waals surface area contributed by atoms with Crippen LogP contribution < -0.4 is 0 Å². The number of piperidine rings is 1. The van der Waals surface area contributed by atoms with Crippen LogP contribution in [-0.4, -0.2) is 41.8 Å². The highest BCUT2D eigenvalue weighted by Crippen LogP contribution is 2.25. The Balaban J connectivity index is 2.10. The first-order valence-corrected chi connectivity index (χ1v) is 7.29.